The molecule has 0 fully saturated rings. The van der Waals surface area contributed by atoms with Crippen molar-refractivity contribution in [2.24, 2.45) is 11.8 Å². The fraction of sp³-hybridized carbons (Fsp3) is 0.913. The van der Waals surface area contributed by atoms with Crippen molar-refractivity contribution in [3.63, 3.8) is 0 Å². The van der Waals surface area contributed by atoms with E-state index in [1.165, 1.54) is 0 Å². The molecule has 0 aromatic heterocycles. The molecule has 0 aliphatic carbocycles. The van der Waals surface area contributed by atoms with Crippen LogP contribution in [0.3, 0.4) is 0 Å². The van der Waals surface area contributed by atoms with Crippen molar-refractivity contribution in [2.45, 2.75) is 98.3 Å². The van der Waals surface area contributed by atoms with E-state index in [0.29, 0.717) is 26.4 Å². The van der Waals surface area contributed by atoms with Crippen LogP contribution in [-0.2, 0) is 23.8 Å². The Morgan fingerprint density at radius 2 is 1.11 bits per heavy atom. The van der Waals surface area contributed by atoms with Gasteiger partial charge in [0.15, 0.2) is 0 Å². The van der Waals surface area contributed by atoms with Crippen LogP contribution in [0, 0.1) is 11.8 Å². The quantitative estimate of drug-likeness (QED) is 0.206. The zero-order valence-electron chi connectivity index (χ0n) is 18.8. The molecule has 0 spiro atoms. The van der Waals surface area contributed by atoms with E-state index in [1.807, 2.05) is 13.8 Å². The molecular formula is C23H44O5. The predicted molar refractivity (Wildman–Crippen MR) is 113 cm³/mol. The molecule has 2 atom stereocenters. The summed E-state index contributed by atoms with van der Waals surface area (Å²) >= 11 is 0. The summed E-state index contributed by atoms with van der Waals surface area (Å²) in [5, 5.41) is 0. The van der Waals surface area contributed by atoms with Gasteiger partial charge in [0.05, 0.1) is 25.0 Å². The van der Waals surface area contributed by atoms with Gasteiger partial charge in [-0.15, -0.1) is 0 Å². The average Bonchev–Trinajstić information content (AvgIpc) is 2.70. The molecule has 0 heterocycles. The third-order valence-electron chi connectivity index (χ3n) is 5.11. The minimum atomic E-state index is -0.0920. The van der Waals surface area contributed by atoms with Crippen molar-refractivity contribution < 1.29 is 23.8 Å². The molecule has 0 radical (unpaired) electrons. The van der Waals surface area contributed by atoms with E-state index < -0.39 is 0 Å². The summed E-state index contributed by atoms with van der Waals surface area (Å²) in [5.74, 6) is -0.0544. The standard InChI is InChI=1S/C23H44O5/c1-5-9-14-20(7-3)22(24)27-17-13-11-12-16-26-18-19-28-23(25)21(8-4)15-10-6-2/h20-21H,5-19H2,1-4H3. The van der Waals surface area contributed by atoms with Crippen LogP contribution < -0.4 is 0 Å². The molecule has 2 unspecified atom stereocenters. The summed E-state index contributed by atoms with van der Waals surface area (Å²) in [6.07, 6.45) is 10.7. The highest BCUT2D eigenvalue weighted by molar-refractivity contribution is 5.72. The summed E-state index contributed by atoms with van der Waals surface area (Å²) in [6, 6.07) is 0. The SMILES string of the molecule is CCCCC(CC)C(=O)OCCCCCOCCOC(=O)C(CC)CCCC. The Morgan fingerprint density at radius 1 is 0.607 bits per heavy atom. The number of esters is 2. The molecule has 0 aliphatic heterocycles. The summed E-state index contributed by atoms with van der Waals surface area (Å²) in [6.45, 7) is 10.3. The van der Waals surface area contributed by atoms with Crippen molar-refractivity contribution >= 4 is 11.9 Å². The first kappa shape index (κ1) is 26.9. The number of carbonyl (C=O) groups excluding carboxylic acids is 2. The van der Waals surface area contributed by atoms with Gasteiger partial charge in [-0.2, -0.15) is 0 Å². The minimum Gasteiger partial charge on any atom is -0.465 e. The van der Waals surface area contributed by atoms with Crippen molar-refractivity contribution in [3.8, 4) is 0 Å². The molecule has 0 aromatic carbocycles. The van der Waals surface area contributed by atoms with Crippen LogP contribution in [0.4, 0.5) is 0 Å². The first-order valence-corrected chi connectivity index (χ1v) is 11.5. The highest BCUT2D eigenvalue weighted by atomic mass is 16.6. The third-order valence-corrected chi connectivity index (χ3v) is 5.11. The van der Waals surface area contributed by atoms with E-state index >= 15 is 0 Å². The highest BCUT2D eigenvalue weighted by Crippen LogP contribution is 2.15. The lowest BCUT2D eigenvalue weighted by molar-refractivity contribution is -0.151. The van der Waals surface area contributed by atoms with E-state index in [9.17, 15) is 9.59 Å². The van der Waals surface area contributed by atoms with Crippen LogP contribution >= 0.6 is 0 Å². The van der Waals surface area contributed by atoms with Gasteiger partial charge in [-0.05, 0) is 44.9 Å². The lowest BCUT2D eigenvalue weighted by Crippen LogP contribution is -2.19. The first-order valence-electron chi connectivity index (χ1n) is 11.5. The molecule has 0 aliphatic rings. The minimum absolute atomic E-state index is 0.0249. The number of carbonyl (C=O) groups is 2. The second-order valence-electron chi connectivity index (χ2n) is 7.50. The molecule has 0 rings (SSSR count). The van der Waals surface area contributed by atoms with Crippen LogP contribution in [0.25, 0.3) is 0 Å². The van der Waals surface area contributed by atoms with Gasteiger partial charge in [0.1, 0.15) is 6.61 Å². The van der Waals surface area contributed by atoms with Crippen molar-refractivity contribution in [1.29, 1.82) is 0 Å². The number of hydrogen-bond acceptors (Lipinski definition) is 5. The summed E-state index contributed by atoms with van der Waals surface area (Å²) in [7, 11) is 0. The van der Waals surface area contributed by atoms with E-state index in [-0.39, 0.29) is 23.8 Å². The Morgan fingerprint density at radius 3 is 1.61 bits per heavy atom. The van der Waals surface area contributed by atoms with E-state index in [1.54, 1.807) is 0 Å². The molecule has 166 valence electrons. The Bertz CT molecular complexity index is 347. The maximum absolute atomic E-state index is 12.0. The van der Waals surface area contributed by atoms with E-state index in [2.05, 4.69) is 13.8 Å². The van der Waals surface area contributed by atoms with Crippen LogP contribution in [0.15, 0.2) is 0 Å². The molecule has 0 saturated heterocycles. The van der Waals surface area contributed by atoms with E-state index in [4.69, 9.17) is 14.2 Å². The zero-order valence-corrected chi connectivity index (χ0v) is 18.8. The average molecular weight is 401 g/mol. The highest BCUT2D eigenvalue weighted by Gasteiger charge is 2.17. The molecule has 0 N–H and O–H groups in total. The van der Waals surface area contributed by atoms with Crippen molar-refractivity contribution in [2.75, 3.05) is 26.4 Å². The Labute approximate surface area is 172 Å². The third kappa shape index (κ3) is 14.0. The molecular weight excluding hydrogens is 356 g/mol. The van der Waals surface area contributed by atoms with Crippen LogP contribution in [0.1, 0.15) is 98.3 Å². The maximum Gasteiger partial charge on any atom is 0.308 e. The number of hydrogen-bond donors (Lipinski definition) is 0. The molecule has 5 nitrogen and oxygen atoms in total. The van der Waals surface area contributed by atoms with Crippen molar-refractivity contribution in [3.05, 3.63) is 0 Å². The van der Waals surface area contributed by atoms with Crippen LogP contribution in [0.5, 0.6) is 0 Å². The number of rotatable bonds is 19. The summed E-state index contributed by atoms with van der Waals surface area (Å²) in [5.41, 5.74) is 0. The van der Waals surface area contributed by atoms with Gasteiger partial charge in [-0.25, -0.2) is 0 Å². The fourth-order valence-corrected chi connectivity index (χ4v) is 3.07. The lowest BCUT2D eigenvalue weighted by atomic mass is 10.00. The smallest absolute Gasteiger partial charge is 0.308 e. The maximum atomic E-state index is 12.0. The summed E-state index contributed by atoms with van der Waals surface area (Å²) < 4.78 is 16.2. The van der Waals surface area contributed by atoms with Gasteiger partial charge >= 0.3 is 11.9 Å². The number of unbranched alkanes of at least 4 members (excludes halogenated alkanes) is 4. The van der Waals surface area contributed by atoms with Gasteiger partial charge < -0.3 is 14.2 Å². The Balaban J connectivity index is 3.57. The molecule has 0 amide bonds. The second-order valence-corrected chi connectivity index (χ2v) is 7.50. The van der Waals surface area contributed by atoms with Gasteiger partial charge in [0.2, 0.25) is 0 Å². The predicted octanol–water partition coefficient (Wildman–Crippen LogP) is 5.69. The molecule has 0 saturated carbocycles. The van der Waals surface area contributed by atoms with E-state index in [0.717, 1.165) is 70.6 Å². The Hall–Kier alpha value is -1.10. The lowest BCUT2D eigenvalue weighted by Gasteiger charge is -2.14. The fourth-order valence-electron chi connectivity index (χ4n) is 3.07. The van der Waals surface area contributed by atoms with Gasteiger partial charge in [-0.1, -0.05) is 53.4 Å². The number of ether oxygens (including phenoxy) is 3. The molecule has 0 bridgehead atoms. The second kappa shape index (κ2) is 19.2. The summed E-state index contributed by atoms with van der Waals surface area (Å²) in [4.78, 5) is 23.9. The normalized spacial score (nSPS) is 13.1. The molecule has 5 heteroatoms. The monoisotopic (exact) mass is 400 g/mol. The largest absolute Gasteiger partial charge is 0.465 e. The van der Waals surface area contributed by atoms with Crippen LogP contribution in [-0.4, -0.2) is 38.4 Å². The zero-order chi connectivity index (χ0) is 21.0. The Kier molecular flexibility index (Phi) is 18.5. The molecule has 28 heavy (non-hydrogen) atoms. The first-order chi connectivity index (χ1) is 13.6. The van der Waals surface area contributed by atoms with Crippen LogP contribution in [0.2, 0.25) is 0 Å². The molecule has 0 aromatic rings. The van der Waals surface area contributed by atoms with Gasteiger partial charge in [0.25, 0.3) is 0 Å². The van der Waals surface area contributed by atoms with Gasteiger partial charge in [0, 0.05) is 6.61 Å². The van der Waals surface area contributed by atoms with Crippen molar-refractivity contribution in [1.82, 2.24) is 0 Å². The van der Waals surface area contributed by atoms with Gasteiger partial charge in [-0.3, -0.25) is 9.59 Å². The topological polar surface area (TPSA) is 61.8 Å².